The molecule has 0 atom stereocenters. The normalized spacial score (nSPS) is 15.1. The molecule has 0 bridgehead atoms. The van der Waals surface area contributed by atoms with E-state index in [9.17, 15) is 4.79 Å². The number of ether oxygens (including phenoxy) is 1. The second-order valence-corrected chi connectivity index (χ2v) is 92.9. The Morgan fingerprint density at radius 3 is 0.592 bits per heavy atom. The van der Waals surface area contributed by atoms with Gasteiger partial charge in [-0.2, -0.15) is 0 Å². The van der Waals surface area contributed by atoms with Crippen LogP contribution in [0, 0.1) is 0 Å². The van der Waals surface area contributed by atoms with Crippen molar-refractivity contribution in [3.05, 3.63) is 12.2 Å². The Balaban J connectivity index is 5.20. The van der Waals surface area contributed by atoms with Crippen LogP contribution in [-0.4, -0.2) is 129 Å². The van der Waals surface area contributed by atoms with Gasteiger partial charge in [0.1, 0.15) is 0 Å². The summed E-state index contributed by atoms with van der Waals surface area (Å²) in [7, 11) is -25.7. The fourth-order valence-electron chi connectivity index (χ4n) is 10.4. The first-order valence-corrected chi connectivity index (χ1v) is 71.7. The van der Waals surface area contributed by atoms with Crippen LogP contribution in [0.15, 0.2) is 12.2 Å². The number of carbonyl (C=O) groups is 1. The summed E-state index contributed by atoms with van der Waals surface area (Å²) in [6.07, 6.45) is 0.841. The van der Waals surface area contributed by atoms with E-state index in [4.69, 9.17) is 33.5 Å². The van der Waals surface area contributed by atoms with Gasteiger partial charge in [-0.3, -0.25) is 0 Å². The molecule has 0 saturated carbocycles. The number of hydrogen-bond acceptors (Lipinski definition) is 9. The number of rotatable bonds is 37. The highest BCUT2D eigenvalue weighted by Gasteiger charge is 2.44. The largest absolute Gasteiger partial charge is 0.462 e. The lowest BCUT2D eigenvalue weighted by atomic mass is 10.4. The van der Waals surface area contributed by atoms with E-state index in [2.05, 4.69) is 196 Å². The Labute approximate surface area is 457 Å². The van der Waals surface area contributed by atoms with Gasteiger partial charge in [-0.05, 0) is 282 Å². The number of carbonyl (C=O) groups excluding carboxylic acids is 1. The van der Waals surface area contributed by atoms with Crippen molar-refractivity contribution in [2.24, 2.45) is 0 Å². The molecule has 0 aliphatic carbocycles. The summed E-state index contributed by atoms with van der Waals surface area (Å²) in [4.78, 5) is 11.8. The van der Waals surface area contributed by atoms with E-state index >= 15 is 0 Å². The third-order valence-electron chi connectivity index (χ3n) is 13.4. The molecule has 0 radical (unpaired) electrons. The van der Waals surface area contributed by atoms with Gasteiger partial charge in [0, 0.05) is 5.57 Å². The van der Waals surface area contributed by atoms with Gasteiger partial charge in [-0.15, -0.1) is 0 Å². The average Bonchev–Trinajstić information content (AvgIpc) is 3.09. The zero-order valence-electron chi connectivity index (χ0n) is 53.0. The van der Waals surface area contributed by atoms with E-state index in [1.54, 1.807) is 6.92 Å². The van der Waals surface area contributed by atoms with Crippen molar-refractivity contribution < 1.29 is 38.3 Å². The zero-order chi connectivity index (χ0) is 56.4. The highest BCUT2D eigenvalue weighted by molar-refractivity contribution is 6.92. The minimum Gasteiger partial charge on any atom is -0.462 e. The lowest BCUT2D eigenvalue weighted by molar-refractivity contribution is -0.138. The minimum absolute atomic E-state index is 0.301. The molecule has 0 N–H and O–H groups in total. The Morgan fingerprint density at radius 1 is 0.282 bits per heavy atom. The van der Waals surface area contributed by atoms with Crippen LogP contribution >= 0.6 is 0 Å². The first-order valence-electron chi connectivity index (χ1n) is 27.8. The SMILES string of the molecule is C=C(C)C(=O)OCCC[Si](C)(C)O[Si](C)(C)CC[Si](C)(C)O[Si](C)(C)CC[Si](C)(C)O[Si](C)(C)CC[Si](C)(C)O[Si](C)(C)CC[Si](C)(C)O[Si](C)(C)CC[Si](C)(C)O[Si](C)(C)CC[Si](C)(C)O[Si](C)(C)C. The van der Waals surface area contributed by atoms with E-state index in [1.807, 2.05) is 0 Å². The fourth-order valence-corrected chi connectivity index (χ4v) is 88.1. The molecule has 0 aromatic rings. The first kappa shape index (κ1) is 73.0. The van der Waals surface area contributed by atoms with Crippen LogP contribution in [0.4, 0.5) is 0 Å². The molecule has 0 rings (SSSR count). The summed E-state index contributed by atoms with van der Waals surface area (Å²) < 4.78 is 55.3. The summed E-state index contributed by atoms with van der Waals surface area (Å²) in [6, 6.07) is 15.1. The van der Waals surface area contributed by atoms with Gasteiger partial charge >= 0.3 is 5.97 Å². The van der Waals surface area contributed by atoms with Crippen molar-refractivity contribution in [1.82, 2.24) is 0 Å². The van der Waals surface area contributed by atoms with Gasteiger partial charge in [-0.25, -0.2) is 4.79 Å². The van der Waals surface area contributed by atoms with Crippen molar-refractivity contribution in [1.29, 1.82) is 0 Å². The summed E-state index contributed by atoms with van der Waals surface area (Å²) in [5, 5.41) is 0. The zero-order valence-corrected chi connectivity index (χ0v) is 67.0. The molecule has 9 nitrogen and oxygen atoms in total. The smallest absolute Gasteiger partial charge is 0.333 e. The van der Waals surface area contributed by atoms with E-state index in [1.165, 1.54) is 54.4 Å². The third-order valence-corrected chi connectivity index (χ3v) is 66.6. The summed E-state index contributed by atoms with van der Waals surface area (Å²) >= 11 is 0. The van der Waals surface area contributed by atoms with Gasteiger partial charge in [0.05, 0.1) is 6.61 Å². The lowest BCUT2D eigenvalue weighted by Crippen LogP contribution is -2.51. The molecule has 0 aromatic carbocycles. The van der Waals surface area contributed by atoms with Crippen LogP contribution in [0.3, 0.4) is 0 Å². The molecule has 0 aromatic heterocycles. The lowest BCUT2D eigenvalue weighted by Gasteiger charge is -2.41. The Kier molecular flexibility index (Phi) is 28.2. The number of hydrogen-bond donors (Lipinski definition) is 0. The van der Waals surface area contributed by atoms with Crippen LogP contribution in [0.5, 0.6) is 0 Å². The van der Waals surface area contributed by atoms with E-state index in [0.717, 1.165) is 30.6 Å². The molecule has 0 fully saturated rings. The molecule has 0 heterocycles. The molecule has 71 heavy (non-hydrogen) atoms. The molecule has 0 unspecified atom stereocenters. The van der Waals surface area contributed by atoms with Crippen LogP contribution in [0.25, 0.3) is 0 Å². The average molecular weight is 1240 g/mol. The van der Waals surface area contributed by atoms with Gasteiger partial charge in [-0.1, -0.05) is 6.58 Å². The second-order valence-electron chi connectivity index (χ2n) is 30.7. The third kappa shape index (κ3) is 36.7. The summed E-state index contributed by atoms with van der Waals surface area (Å²) in [6.45, 7) is 76.1. The highest BCUT2D eigenvalue weighted by atomic mass is 28.5. The van der Waals surface area contributed by atoms with Crippen LogP contribution in [0.1, 0.15) is 13.3 Å². The maximum Gasteiger partial charge on any atom is 0.333 e. The van der Waals surface area contributed by atoms with Gasteiger partial charge in [0.2, 0.25) is 0 Å². The van der Waals surface area contributed by atoms with E-state index in [-0.39, 0.29) is 5.97 Å². The molecule has 0 aliphatic rings. The molecule has 0 aliphatic heterocycles. The number of esters is 1. The van der Waals surface area contributed by atoms with Gasteiger partial charge in [0.15, 0.2) is 116 Å². The van der Waals surface area contributed by atoms with Gasteiger partial charge < -0.3 is 33.5 Å². The van der Waals surface area contributed by atoms with E-state index in [0.29, 0.717) is 12.2 Å². The molecule has 0 saturated heterocycles. The van der Waals surface area contributed by atoms with Crippen molar-refractivity contribution in [3.8, 4) is 0 Å². The van der Waals surface area contributed by atoms with Crippen molar-refractivity contribution in [2.75, 3.05) is 6.61 Å². The molecule has 0 spiro atoms. The predicted molar refractivity (Wildman–Crippen MR) is 351 cm³/mol. The minimum atomic E-state index is -1.90. The van der Waals surface area contributed by atoms with Crippen molar-refractivity contribution in [2.45, 2.75) is 282 Å². The van der Waals surface area contributed by atoms with Crippen molar-refractivity contribution >= 4 is 122 Å². The molecule has 424 valence electrons. The second kappa shape index (κ2) is 27.4. The predicted octanol–water partition coefficient (Wildman–Crippen LogP) is 18.1. The summed E-state index contributed by atoms with van der Waals surface area (Å²) in [5.41, 5.74) is 0.453. The topological polar surface area (TPSA) is 90.9 Å². The maximum atomic E-state index is 11.8. The maximum absolute atomic E-state index is 11.8. The van der Waals surface area contributed by atoms with Crippen LogP contribution < -0.4 is 0 Å². The Bertz CT molecular complexity index is 1660. The standard InChI is InChI=1S/C48H122O9Si14/c1-47(2)48(49)50-33-32-34-59(6,7)52-61(10,11)37-38-63(14,15)54-65(18,19)41-42-67(22,23)56-69(26,27)45-46-71(30,31)57-70(28,29)44-43-68(24,25)55-66(20,21)40-39-64(16,17)53-62(12,13)36-35-60(8,9)51-58(3,4)5/h1,32-46H2,2-31H3. The van der Waals surface area contributed by atoms with Crippen LogP contribution in [-0.2, 0) is 38.3 Å². The molecule has 23 heteroatoms. The Morgan fingerprint density at radius 2 is 0.437 bits per heavy atom. The van der Waals surface area contributed by atoms with Gasteiger partial charge in [0.25, 0.3) is 0 Å². The molecular weight excluding hydrogens is 1110 g/mol. The van der Waals surface area contributed by atoms with Crippen molar-refractivity contribution in [3.63, 3.8) is 0 Å². The monoisotopic (exact) mass is 1230 g/mol. The van der Waals surface area contributed by atoms with Crippen LogP contribution in [0.2, 0.25) is 268 Å². The Hall–Kier alpha value is 1.97. The molecule has 0 amide bonds. The first-order chi connectivity index (χ1) is 31.0. The summed E-state index contributed by atoms with van der Waals surface area (Å²) in [5.74, 6) is -0.301. The van der Waals surface area contributed by atoms with E-state index < -0.39 is 116 Å². The quantitative estimate of drug-likeness (QED) is 0.0261. The fraction of sp³-hybridized carbons (Fsp3) is 0.938. The highest BCUT2D eigenvalue weighted by Crippen LogP contribution is 2.36. The molecular formula is C48H122O9Si14.